The van der Waals surface area contributed by atoms with Crippen molar-refractivity contribution in [3.63, 3.8) is 0 Å². The summed E-state index contributed by atoms with van der Waals surface area (Å²) in [6, 6.07) is 0. The van der Waals surface area contributed by atoms with E-state index in [0.717, 1.165) is 32.5 Å². The van der Waals surface area contributed by atoms with Crippen LogP contribution in [0.3, 0.4) is 0 Å². The lowest BCUT2D eigenvalue weighted by atomic mass is 10.1. The van der Waals surface area contributed by atoms with E-state index in [9.17, 15) is 0 Å². The summed E-state index contributed by atoms with van der Waals surface area (Å²) in [6.07, 6.45) is 9.09. The molecule has 0 aliphatic carbocycles. The molecule has 0 aromatic carbocycles. The van der Waals surface area contributed by atoms with Gasteiger partial charge in [-0.25, -0.2) is 0 Å². The third kappa shape index (κ3) is 8.68. The van der Waals surface area contributed by atoms with Crippen LogP contribution in [0.1, 0.15) is 39.5 Å². The average molecular weight is 218 g/mol. The second-order valence-electron chi connectivity index (χ2n) is 3.22. The number of hydrogen-bond donors (Lipinski definition) is 0. The Labute approximate surface area is 90.3 Å². The van der Waals surface area contributed by atoms with Crippen LogP contribution in [-0.4, -0.2) is 19.3 Å². The van der Waals surface area contributed by atoms with Crippen LogP contribution in [0.5, 0.6) is 0 Å². The normalized spacial score (nSPS) is 13.6. The molecular formula is C11H23O2P. The van der Waals surface area contributed by atoms with Crippen molar-refractivity contribution in [1.82, 2.24) is 0 Å². The number of ether oxygens (including phenoxy) is 1. The third-order valence-electron chi connectivity index (χ3n) is 1.94. The van der Waals surface area contributed by atoms with Crippen molar-refractivity contribution in [2.24, 2.45) is 0 Å². The summed E-state index contributed by atoms with van der Waals surface area (Å²) in [5, 5.41) is 0. The maximum atomic E-state index is 5.59. The summed E-state index contributed by atoms with van der Waals surface area (Å²) < 4.78 is 10.5. The lowest BCUT2D eigenvalue weighted by Crippen LogP contribution is -2.10. The number of rotatable bonds is 9. The smallest absolute Gasteiger partial charge is 0.0756 e. The molecule has 0 bridgehead atoms. The summed E-state index contributed by atoms with van der Waals surface area (Å²) in [5.41, 5.74) is 0. The average Bonchev–Trinajstić information content (AvgIpc) is 2.18. The van der Waals surface area contributed by atoms with E-state index in [4.69, 9.17) is 9.26 Å². The van der Waals surface area contributed by atoms with Crippen LogP contribution in [0.2, 0.25) is 0 Å². The van der Waals surface area contributed by atoms with E-state index in [0.29, 0.717) is 0 Å². The summed E-state index contributed by atoms with van der Waals surface area (Å²) in [6.45, 7) is 5.79. The van der Waals surface area contributed by atoms with E-state index in [2.05, 4.69) is 28.5 Å². The van der Waals surface area contributed by atoms with Crippen molar-refractivity contribution in [1.29, 1.82) is 0 Å². The van der Waals surface area contributed by atoms with Crippen LogP contribution in [-0.2, 0) is 9.26 Å². The zero-order chi connectivity index (χ0) is 10.6. The SMILES string of the molecule is CCCC=CC(CCCOP)OCC. The third-order valence-corrected chi connectivity index (χ3v) is 2.17. The van der Waals surface area contributed by atoms with Gasteiger partial charge in [-0.15, -0.1) is 0 Å². The summed E-state index contributed by atoms with van der Waals surface area (Å²) in [4.78, 5) is 0. The summed E-state index contributed by atoms with van der Waals surface area (Å²) in [5.74, 6) is 0. The van der Waals surface area contributed by atoms with Gasteiger partial charge in [-0.05, 0) is 26.2 Å². The van der Waals surface area contributed by atoms with E-state index >= 15 is 0 Å². The summed E-state index contributed by atoms with van der Waals surface area (Å²) >= 11 is 0. The van der Waals surface area contributed by atoms with Crippen LogP contribution in [0.15, 0.2) is 12.2 Å². The first-order chi connectivity index (χ1) is 6.85. The molecule has 0 N–H and O–H groups in total. The predicted octanol–water partition coefficient (Wildman–Crippen LogP) is 3.33. The van der Waals surface area contributed by atoms with Crippen molar-refractivity contribution in [3.8, 4) is 0 Å². The Bertz CT molecular complexity index is 137. The molecular weight excluding hydrogens is 195 g/mol. The van der Waals surface area contributed by atoms with Gasteiger partial charge in [0, 0.05) is 16.1 Å². The Kier molecular flexibility index (Phi) is 11.2. The second kappa shape index (κ2) is 11.2. The van der Waals surface area contributed by atoms with E-state index in [1.54, 1.807) is 0 Å². The summed E-state index contributed by atoms with van der Waals surface area (Å²) in [7, 11) is 2.27. The highest BCUT2D eigenvalue weighted by Crippen LogP contribution is 2.06. The van der Waals surface area contributed by atoms with Gasteiger partial charge in [0.05, 0.1) is 12.7 Å². The van der Waals surface area contributed by atoms with Crippen LogP contribution < -0.4 is 0 Å². The largest absolute Gasteiger partial charge is 0.374 e. The van der Waals surface area contributed by atoms with Crippen molar-refractivity contribution >= 4 is 9.47 Å². The highest BCUT2D eigenvalue weighted by molar-refractivity contribution is 7.09. The van der Waals surface area contributed by atoms with Gasteiger partial charge in [0.25, 0.3) is 0 Å². The lowest BCUT2D eigenvalue weighted by molar-refractivity contribution is 0.0858. The van der Waals surface area contributed by atoms with E-state index in [-0.39, 0.29) is 6.10 Å². The van der Waals surface area contributed by atoms with Crippen LogP contribution in [0, 0.1) is 0 Å². The molecule has 0 heterocycles. The fraction of sp³-hybridized carbons (Fsp3) is 0.818. The van der Waals surface area contributed by atoms with Gasteiger partial charge in [-0.3, -0.25) is 0 Å². The molecule has 0 amide bonds. The maximum absolute atomic E-state index is 5.59. The predicted molar refractivity (Wildman–Crippen MR) is 64.4 cm³/mol. The minimum absolute atomic E-state index is 0.270. The minimum atomic E-state index is 0.270. The number of allylic oxidation sites excluding steroid dienone is 1. The lowest BCUT2D eigenvalue weighted by Gasteiger charge is -2.12. The van der Waals surface area contributed by atoms with E-state index in [1.807, 2.05) is 6.92 Å². The minimum Gasteiger partial charge on any atom is -0.374 e. The Morgan fingerprint density at radius 3 is 2.71 bits per heavy atom. The molecule has 0 aromatic heterocycles. The number of unbranched alkanes of at least 4 members (excludes halogenated alkanes) is 1. The Hall–Kier alpha value is 0.0900. The van der Waals surface area contributed by atoms with Crippen molar-refractivity contribution in [3.05, 3.63) is 12.2 Å². The van der Waals surface area contributed by atoms with Gasteiger partial charge in [-0.2, -0.15) is 0 Å². The molecule has 0 radical (unpaired) electrons. The molecule has 2 unspecified atom stereocenters. The van der Waals surface area contributed by atoms with Gasteiger partial charge in [0.2, 0.25) is 0 Å². The first kappa shape index (κ1) is 14.1. The maximum Gasteiger partial charge on any atom is 0.0756 e. The fourth-order valence-electron chi connectivity index (χ4n) is 1.23. The highest BCUT2D eigenvalue weighted by atomic mass is 31.0. The zero-order valence-corrected chi connectivity index (χ0v) is 10.5. The Morgan fingerprint density at radius 2 is 2.14 bits per heavy atom. The van der Waals surface area contributed by atoms with E-state index in [1.165, 1.54) is 6.42 Å². The topological polar surface area (TPSA) is 18.5 Å². The van der Waals surface area contributed by atoms with Crippen molar-refractivity contribution < 1.29 is 9.26 Å². The molecule has 0 rings (SSSR count). The second-order valence-corrected chi connectivity index (χ2v) is 3.56. The molecule has 0 saturated heterocycles. The van der Waals surface area contributed by atoms with Gasteiger partial charge in [0.1, 0.15) is 0 Å². The van der Waals surface area contributed by atoms with Gasteiger partial charge in [-0.1, -0.05) is 25.5 Å². The molecule has 0 aromatic rings. The highest BCUT2D eigenvalue weighted by Gasteiger charge is 2.02. The van der Waals surface area contributed by atoms with Gasteiger partial charge in [0.15, 0.2) is 0 Å². The molecule has 0 saturated carbocycles. The molecule has 2 nitrogen and oxygen atoms in total. The number of hydrogen-bond acceptors (Lipinski definition) is 2. The fourth-order valence-corrected chi connectivity index (χ4v) is 1.40. The standard InChI is InChI=1S/C11H23O2P/c1-3-5-6-8-11(12-4-2)9-7-10-13-14/h6,8,11H,3-5,7,9-10,14H2,1-2H3. The van der Waals surface area contributed by atoms with Crippen LogP contribution in [0.25, 0.3) is 0 Å². The van der Waals surface area contributed by atoms with E-state index < -0.39 is 0 Å². The molecule has 0 fully saturated rings. The Morgan fingerprint density at radius 1 is 1.36 bits per heavy atom. The molecule has 3 heteroatoms. The van der Waals surface area contributed by atoms with Gasteiger partial charge < -0.3 is 9.26 Å². The van der Waals surface area contributed by atoms with Crippen LogP contribution in [0.4, 0.5) is 0 Å². The molecule has 0 aliphatic heterocycles. The zero-order valence-electron chi connectivity index (χ0n) is 9.37. The van der Waals surface area contributed by atoms with Crippen LogP contribution >= 0.6 is 9.47 Å². The molecule has 14 heavy (non-hydrogen) atoms. The quantitative estimate of drug-likeness (QED) is 0.336. The van der Waals surface area contributed by atoms with Crippen molar-refractivity contribution in [2.45, 2.75) is 45.6 Å². The monoisotopic (exact) mass is 218 g/mol. The first-order valence-corrected chi connectivity index (χ1v) is 5.92. The molecule has 2 atom stereocenters. The molecule has 84 valence electrons. The molecule has 0 aliphatic rings. The molecule has 0 spiro atoms. The van der Waals surface area contributed by atoms with Crippen molar-refractivity contribution in [2.75, 3.05) is 13.2 Å². The first-order valence-electron chi connectivity index (χ1n) is 5.45. The van der Waals surface area contributed by atoms with Gasteiger partial charge >= 0.3 is 0 Å². The Balaban J connectivity index is 3.64.